The summed E-state index contributed by atoms with van der Waals surface area (Å²) in [5.74, 6) is 0.932. The molecule has 1 unspecified atom stereocenters. The molecule has 34 heavy (non-hydrogen) atoms. The quantitative estimate of drug-likeness (QED) is 0.404. The number of carbonyl (C=O) groups excluding carboxylic acids is 1. The van der Waals surface area contributed by atoms with Crippen molar-refractivity contribution >= 4 is 11.6 Å². The lowest BCUT2D eigenvalue weighted by Gasteiger charge is -2.35. The summed E-state index contributed by atoms with van der Waals surface area (Å²) in [6, 6.07) is 27.5. The Bertz CT molecular complexity index is 1310. The fourth-order valence-corrected chi connectivity index (χ4v) is 4.26. The van der Waals surface area contributed by atoms with Crippen LogP contribution in [0.25, 0.3) is 17.0 Å². The minimum absolute atomic E-state index is 0.135. The summed E-state index contributed by atoms with van der Waals surface area (Å²) in [5.41, 5.74) is 5.81. The van der Waals surface area contributed by atoms with Gasteiger partial charge in [0.1, 0.15) is 0 Å². The summed E-state index contributed by atoms with van der Waals surface area (Å²) in [4.78, 5) is 19.6. The summed E-state index contributed by atoms with van der Waals surface area (Å²) in [7, 11) is 0. The SMILES string of the molecule is CC1=C(c2nc(-c3ccc(C)cc3)no2)C(c2ccccc2)NC(=O)N1CCc1ccccc1. The highest BCUT2D eigenvalue weighted by Crippen LogP contribution is 2.37. The molecule has 0 spiro atoms. The molecule has 0 bridgehead atoms. The Kier molecular flexibility index (Phi) is 5.95. The molecule has 1 aliphatic rings. The monoisotopic (exact) mass is 450 g/mol. The van der Waals surface area contributed by atoms with Gasteiger partial charge in [0.05, 0.1) is 11.6 Å². The van der Waals surface area contributed by atoms with Gasteiger partial charge in [0.15, 0.2) is 0 Å². The Morgan fingerprint density at radius 1 is 0.912 bits per heavy atom. The topological polar surface area (TPSA) is 71.3 Å². The third kappa shape index (κ3) is 4.35. The molecule has 0 aliphatic carbocycles. The Morgan fingerprint density at radius 3 is 2.29 bits per heavy atom. The second-order valence-electron chi connectivity index (χ2n) is 8.47. The van der Waals surface area contributed by atoms with Crippen molar-refractivity contribution in [1.82, 2.24) is 20.4 Å². The van der Waals surface area contributed by atoms with E-state index in [-0.39, 0.29) is 12.1 Å². The number of urea groups is 1. The van der Waals surface area contributed by atoms with Crippen molar-refractivity contribution in [2.24, 2.45) is 0 Å². The molecule has 0 saturated carbocycles. The fourth-order valence-electron chi connectivity index (χ4n) is 4.26. The minimum Gasteiger partial charge on any atom is -0.334 e. The van der Waals surface area contributed by atoms with Gasteiger partial charge in [-0.05, 0) is 31.4 Å². The molecule has 1 N–H and O–H groups in total. The number of carbonyl (C=O) groups is 1. The first-order valence-corrected chi connectivity index (χ1v) is 11.4. The van der Waals surface area contributed by atoms with E-state index < -0.39 is 0 Å². The van der Waals surface area contributed by atoms with Gasteiger partial charge in [0.2, 0.25) is 5.82 Å². The molecular weight excluding hydrogens is 424 g/mol. The molecule has 2 heterocycles. The van der Waals surface area contributed by atoms with E-state index in [2.05, 4.69) is 22.6 Å². The van der Waals surface area contributed by atoms with Crippen LogP contribution in [0, 0.1) is 6.92 Å². The molecule has 6 heteroatoms. The fraction of sp³-hybridized carbons (Fsp3) is 0.179. The lowest BCUT2D eigenvalue weighted by molar-refractivity contribution is 0.205. The predicted molar refractivity (Wildman–Crippen MR) is 132 cm³/mol. The number of nitrogens with zero attached hydrogens (tertiary/aromatic N) is 3. The van der Waals surface area contributed by atoms with Crippen molar-refractivity contribution in [3.63, 3.8) is 0 Å². The Balaban J connectivity index is 1.53. The standard InChI is InChI=1S/C28H26N4O2/c1-19-13-15-23(16-14-19)26-30-27(34-31-26)24-20(2)32(18-17-21-9-5-3-6-10-21)28(33)29-25(24)22-11-7-4-8-12-22/h3-16,25H,17-18H2,1-2H3,(H,29,33). The van der Waals surface area contributed by atoms with E-state index in [1.807, 2.05) is 86.6 Å². The van der Waals surface area contributed by atoms with Crippen molar-refractivity contribution in [2.45, 2.75) is 26.3 Å². The zero-order valence-corrected chi connectivity index (χ0v) is 19.2. The van der Waals surface area contributed by atoms with Crippen LogP contribution >= 0.6 is 0 Å². The van der Waals surface area contributed by atoms with Crippen molar-refractivity contribution in [3.8, 4) is 11.4 Å². The van der Waals surface area contributed by atoms with Crippen LogP contribution in [0.1, 0.15) is 35.5 Å². The third-order valence-electron chi connectivity index (χ3n) is 6.16. The van der Waals surface area contributed by atoms with Crippen molar-refractivity contribution in [1.29, 1.82) is 0 Å². The second-order valence-corrected chi connectivity index (χ2v) is 8.47. The molecular formula is C28H26N4O2. The lowest BCUT2D eigenvalue weighted by atomic mass is 9.94. The summed E-state index contributed by atoms with van der Waals surface area (Å²) < 4.78 is 5.76. The van der Waals surface area contributed by atoms with Crippen LogP contribution in [0.3, 0.4) is 0 Å². The zero-order chi connectivity index (χ0) is 23.5. The number of amides is 2. The van der Waals surface area contributed by atoms with Crippen LogP contribution in [-0.4, -0.2) is 27.6 Å². The normalized spacial score (nSPS) is 16.0. The molecule has 2 amide bonds. The Hall–Kier alpha value is -4.19. The summed E-state index contributed by atoms with van der Waals surface area (Å²) in [6.07, 6.45) is 0.743. The molecule has 3 aromatic carbocycles. The zero-order valence-electron chi connectivity index (χ0n) is 19.2. The van der Waals surface area contributed by atoms with E-state index in [9.17, 15) is 4.79 Å². The van der Waals surface area contributed by atoms with Crippen LogP contribution in [-0.2, 0) is 6.42 Å². The average Bonchev–Trinajstić information content (AvgIpc) is 3.35. The largest absolute Gasteiger partial charge is 0.334 e. The van der Waals surface area contributed by atoms with Crippen LogP contribution in [0.2, 0.25) is 0 Å². The van der Waals surface area contributed by atoms with Gasteiger partial charge < -0.3 is 9.84 Å². The highest BCUT2D eigenvalue weighted by molar-refractivity contribution is 5.86. The van der Waals surface area contributed by atoms with Crippen LogP contribution in [0.4, 0.5) is 4.79 Å². The van der Waals surface area contributed by atoms with Gasteiger partial charge in [-0.3, -0.25) is 4.90 Å². The summed E-state index contributed by atoms with van der Waals surface area (Å²) in [5, 5.41) is 7.40. The molecule has 4 aromatic rings. The van der Waals surface area contributed by atoms with Gasteiger partial charge in [-0.15, -0.1) is 0 Å². The maximum atomic E-state index is 13.2. The van der Waals surface area contributed by atoms with E-state index in [0.29, 0.717) is 18.3 Å². The summed E-state index contributed by atoms with van der Waals surface area (Å²) >= 11 is 0. The van der Waals surface area contributed by atoms with Gasteiger partial charge in [0.25, 0.3) is 5.89 Å². The third-order valence-corrected chi connectivity index (χ3v) is 6.16. The van der Waals surface area contributed by atoms with Crippen molar-refractivity contribution in [2.75, 3.05) is 6.54 Å². The van der Waals surface area contributed by atoms with Crippen LogP contribution in [0.15, 0.2) is 95.1 Å². The molecule has 1 atom stereocenters. The first kappa shape index (κ1) is 21.6. The van der Waals surface area contributed by atoms with Crippen molar-refractivity contribution in [3.05, 3.63) is 113 Å². The molecule has 170 valence electrons. The molecule has 1 aromatic heterocycles. The lowest BCUT2D eigenvalue weighted by Crippen LogP contribution is -2.46. The summed E-state index contributed by atoms with van der Waals surface area (Å²) in [6.45, 7) is 4.54. The smallest absolute Gasteiger partial charge is 0.322 e. The van der Waals surface area contributed by atoms with Crippen LogP contribution < -0.4 is 5.32 Å². The van der Waals surface area contributed by atoms with Gasteiger partial charge in [0, 0.05) is 17.8 Å². The van der Waals surface area contributed by atoms with Gasteiger partial charge in [-0.1, -0.05) is 95.6 Å². The number of hydrogen-bond acceptors (Lipinski definition) is 4. The van der Waals surface area contributed by atoms with Gasteiger partial charge in [-0.2, -0.15) is 4.98 Å². The number of hydrogen-bond donors (Lipinski definition) is 1. The van der Waals surface area contributed by atoms with Crippen LogP contribution in [0.5, 0.6) is 0 Å². The van der Waals surface area contributed by atoms with E-state index in [4.69, 9.17) is 9.51 Å². The number of aryl methyl sites for hydroxylation is 1. The number of allylic oxidation sites excluding steroid dienone is 1. The Morgan fingerprint density at radius 2 is 1.59 bits per heavy atom. The van der Waals surface area contributed by atoms with Gasteiger partial charge >= 0.3 is 6.03 Å². The van der Waals surface area contributed by atoms with E-state index in [1.165, 1.54) is 11.1 Å². The molecule has 5 rings (SSSR count). The second kappa shape index (κ2) is 9.35. The number of aromatic nitrogens is 2. The first-order chi connectivity index (χ1) is 16.6. The minimum atomic E-state index is -0.381. The maximum Gasteiger partial charge on any atom is 0.322 e. The number of rotatable bonds is 6. The van der Waals surface area contributed by atoms with E-state index in [1.54, 1.807) is 4.90 Å². The molecule has 0 fully saturated rings. The Labute approximate surface area is 198 Å². The highest BCUT2D eigenvalue weighted by Gasteiger charge is 2.35. The van der Waals surface area contributed by atoms with E-state index >= 15 is 0 Å². The highest BCUT2D eigenvalue weighted by atomic mass is 16.5. The first-order valence-electron chi connectivity index (χ1n) is 11.4. The molecule has 1 aliphatic heterocycles. The maximum absolute atomic E-state index is 13.2. The predicted octanol–water partition coefficient (Wildman–Crippen LogP) is 5.79. The van der Waals surface area contributed by atoms with Gasteiger partial charge in [-0.25, -0.2) is 4.79 Å². The number of benzene rings is 3. The molecule has 6 nitrogen and oxygen atoms in total. The van der Waals surface area contributed by atoms with E-state index in [0.717, 1.165) is 28.8 Å². The van der Waals surface area contributed by atoms with Crippen molar-refractivity contribution < 1.29 is 9.32 Å². The molecule has 0 radical (unpaired) electrons. The average molecular weight is 451 g/mol. The number of nitrogens with one attached hydrogen (secondary N) is 1. The molecule has 0 saturated heterocycles.